The average molecular weight is 386 g/mol. The van der Waals surface area contributed by atoms with Gasteiger partial charge < -0.3 is 19.7 Å². The summed E-state index contributed by atoms with van der Waals surface area (Å²) < 4.78 is 13.9. The van der Waals surface area contributed by atoms with E-state index in [1.165, 1.54) is 12.1 Å². The third kappa shape index (κ3) is 3.51. The van der Waals surface area contributed by atoms with Crippen molar-refractivity contribution in [2.75, 3.05) is 39.8 Å². The van der Waals surface area contributed by atoms with Gasteiger partial charge in [-0.25, -0.2) is 4.39 Å². The van der Waals surface area contributed by atoms with E-state index >= 15 is 0 Å². The first-order valence-electron chi connectivity index (χ1n) is 9.99. The highest BCUT2D eigenvalue weighted by atomic mass is 19.1. The number of rotatable bonds is 2. The quantitative estimate of drug-likeness (QED) is 0.862. The van der Waals surface area contributed by atoms with Crippen LogP contribution in [0.25, 0.3) is 10.9 Å². The highest BCUT2D eigenvalue weighted by Crippen LogP contribution is 2.24. The first-order valence-corrected chi connectivity index (χ1v) is 9.99. The number of fused-ring (bicyclic) bond motifs is 1. The molecule has 2 amide bonds. The van der Waals surface area contributed by atoms with E-state index in [9.17, 15) is 14.0 Å². The summed E-state index contributed by atoms with van der Waals surface area (Å²) in [5.41, 5.74) is 1.00. The third-order valence-electron chi connectivity index (χ3n) is 6.03. The van der Waals surface area contributed by atoms with E-state index in [0.717, 1.165) is 25.9 Å². The topological polar surface area (TPSA) is 59.7 Å². The number of carbonyl (C=O) groups is 2. The highest BCUT2D eigenvalue weighted by Gasteiger charge is 2.35. The Hall–Kier alpha value is -2.41. The molecule has 7 heteroatoms. The minimum atomic E-state index is -0.418. The molecule has 1 N–H and O–H groups in total. The van der Waals surface area contributed by atoms with Crippen LogP contribution in [0.2, 0.25) is 0 Å². The van der Waals surface area contributed by atoms with Crippen LogP contribution in [0.4, 0.5) is 4.39 Å². The number of amides is 2. The predicted molar refractivity (Wildman–Crippen MR) is 106 cm³/mol. The summed E-state index contributed by atoms with van der Waals surface area (Å²) in [6, 6.07) is 4.42. The van der Waals surface area contributed by atoms with Gasteiger partial charge >= 0.3 is 0 Å². The van der Waals surface area contributed by atoms with E-state index in [4.69, 9.17) is 0 Å². The number of carbonyl (C=O) groups excluding carboxylic acids is 2. The lowest BCUT2D eigenvalue weighted by Gasteiger charge is -2.42. The molecule has 0 saturated carbocycles. The molecular formula is C21H27FN4O2. The normalized spacial score (nSPS) is 24.0. The smallest absolute Gasteiger partial charge is 0.256 e. The van der Waals surface area contributed by atoms with E-state index in [1.54, 1.807) is 17.2 Å². The van der Waals surface area contributed by atoms with Gasteiger partial charge in [0.05, 0.1) is 17.0 Å². The van der Waals surface area contributed by atoms with Gasteiger partial charge in [0, 0.05) is 43.8 Å². The number of aromatic nitrogens is 1. The Balaban J connectivity index is 1.47. The van der Waals surface area contributed by atoms with E-state index in [2.05, 4.69) is 16.9 Å². The second-order valence-electron chi connectivity index (χ2n) is 8.13. The van der Waals surface area contributed by atoms with Gasteiger partial charge in [-0.1, -0.05) is 0 Å². The van der Waals surface area contributed by atoms with E-state index in [-0.39, 0.29) is 23.8 Å². The molecule has 1 aromatic carbocycles. The first-order chi connectivity index (χ1) is 13.4. The number of piperidine rings is 1. The minimum absolute atomic E-state index is 0.0465. The zero-order valence-electron chi connectivity index (χ0n) is 16.4. The van der Waals surface area contributed by atoms with Gasteiger partial charge in [-0.2, -0.15) is 0 Å². The number of hydrogen-bond donors (Lipinski definition) is 1. The number of piperazine rings is 1. The fourth-order valence-electron chi connectivity index (χ4n) is 4.55. The van der Waals surface area contributed by atoms with Crippen LogP contribution in [0.5, 0.6) is 0 Å². The summed E-state index contributed by atoms with van der Waals surface area (Å²) in [6.07, 6.45) is 3.69. The standard InChI is InChI=1S/C21H27FN4O2/c1-14-12-25(8-9-26(14)20(27)16-4-3-7-24(2)13-16)21(28)18-11-17(22)10-15-5-6-23-19(15)18/h5-6,10-11,14,16,23H,3-4,7-9,12-13H2,1-2H3/t14-,16?/m1/s1. The largest absolute Gasteiger partial charge is 0.361 e. The Labute approximate surface area is 164 Å². The Kier molecular flexibility index (Phi) is 5.10. The van der Waals surface area contributed by atoms with Gasteiger partial charge in [0.15, 0.2) is 0 Å². The van der Waals surface area contributed by atoms with Gasteiger partial charge in [0.1, 0.15) is 5.82 Å². The minimum Gasteiger partial charge on any atom is -0.361 e. The number of nitrogens with one attached hydrogen (secondary N) is 1. The molecule has 28 heavy (non-hydrogen) atoms. The van der Waals surface area contributed by atoms with Gasteiger partial charge in [-0.15, -0.1) is 0 Å². The van der Waals surface area contributed by atoms with Gasteiger partial charge in [-0.05, 0) is 51.6 Å². The molecule has 2 aliphatic heterocycles. The molecule has 0 spiro atoms. The number of aromatic amines is 1. The van der Waals surface area contributed by atoms with Gasteiger partial charge in [0.25, 0.3) is 5.91 Å². The number of hydrogen-bond acceptors (Lipinski definition) is 3. The van der Waals surface area contributed by atoms with Gasteiger partial charge in [-0.3, -0.25) is 9.59 Å². The maximum Gasteiger partial charge on any atom is 0.256 e. The van der Waals surface area contributed by atoms with Gasteiger partial charge in [0.2, 0.25) is 5.91 Å². The molecule has 1 unspecified atom stereocenters. The molecule has 0 radical (unpaired) electrons. The molecule has 4 rings (SSSR count). The number of benzene rings is 1. The molecule has 150 valence electrons. The van der Waals surface area contributed by atoms with Crippen molar-refractivity contribution in [1.29, 1.82) is 0 Å². The summed E-state index contributed by atoms with van der Waals surface area (Å²) in [6.45, 7) is 5.29. The number of nitrogens with zero attached hydrogens (tertiary/aromatic N) is 3. The number of likely N-dealkylation sites (tertiary alicyclic amines) is 1. The Bertz CT molecular complexity index is 896. The zero-order valence-corrected chi connectivity index (χ0v) is 16.4. The Morgan fingerprint density at radius 1 is 1.18 bits per heavy atom. The summed E-state index contributed by atoms with van der Waals surface area (Å²) in [5.74, 6) is -0.365. The number of halogens is 1. The fraction of sp³-hybridized carbons (Fsp3) is 0.524. The van der Waals surface area contributed by atoms with Crippen LogP contribution in [0.3, 0.4) is 0 Å². The van der Waals surface area contributed by atoms with Crippen LogP contribution in [0, 0.1) is 11.7 Å². The van der Waals surface area contributed by atoms with Crippen molar-refractivity contribution >= 4 is 22.7 Å². The summed E-state index contributed by atoms with van der Waals surface area (Å²) in [4.78, 5) is 34.9. The molecule has 2 atom stereocenters. The lowest BCUT2D eigenvalue weighted by molar-refractivity contribution is -0.141. The lowest BCUT2D eigenvalue weighted by Crippen LogP contribution is -2.57. The maximum atomic E-state index is 13.9. The van der Waals surface area contributed by atoms with Crippen molar-refractivity contribution in [2.24, 2.45) is 5.92 Å². The van der Waals surface area contributed by atoms with Crippen LogP contribution >= 0.6 is 0 Å². The second kappa shape index (κ2) is 7.54. The molecule has 3 heterocycles. The van der Waals surface area contributed by atoms with Crippen LogP contribution in [-0.2, 0) is 4.79 Å². The van der Waals surface area contributed by atoms with Crippen LogP contribution in [0.15, 0.2) is 24.4 Å². The Morgan fingerprint density at radius 3 is 2.75 bits per heavy atom. The molecule has 2 aliphatic rings. The van der Waals surface area contributed by atoms with Crippen molar-refractivity contribution in [2.45, 2.75) is 25.8 Å². The van der Waals surface area contributed by atoms with Crippen LogP contribution in [0.1, 0.15) is 30.1 Å². The molecular weight excluding hydrogens is 359 g/mol. The summed E-state index contributed by atoms with van der Waals surface area (Å²) in [7, 11) is 2.06. The molecule has 2 fully saturated rings. The molecule has 1 aromatic heterocycles. The first kappa shape index (κ1) is 18.9. The Morgan fingerprint density at radius 2 is 2.00 bits per heavy atom. The van der Waals surface area contributed by atoms with Crippen LogP contribution in [-0.4, -0.2) is 77.3 Å². The summed E-state index contributed by atoms with van der Waals surface area (Å²) >= 11 is 0. The van der Waals surface area contributed by atoms with Crippen molar-refractivity contribution in [1.82, 2.24) is 19.7 Å². The zero-order chi connectivity index (χ0) is 19.8. The average Bonchev–Trinajstić information content (AvgIpc) is 3.14. The highest BCUT2D eigenvalue weighted by molar-refractivity contribution is 6.05. The van der Waals surface area contributed by atoms with Crippen molar-refractivity contribution in [3.63, 3.8) is 0 Å². The molecule has 6 nitrogen and oxygen atoms in total. The molecule has 0 aliphatic carbocycles. The van der Waals surface area contributed by atoms with E-state index in [1.807, 2.05) is 11.8 Å². The fourth-order valence-corrected chi connectivity index (χ4v) is 4.55. The summed E-state index contributed by atoms with van der Waals surface area (Å²) in [5, 5.41) is 0.687. The van der Waals surface area contributed by atoms with Crippen molar-refractivity contribution < 1.29 is 14.0 Å². The maximum absolute atomic E-state index is 13.9. The van der Waals surface area contributed by atoms with E-state index in [0.29, 0.717) is 36.1 Å². The predicted octanol–water partition coefficient (Wildman–Crippen LogP) is 2.32. The molecule has 2 aromatic rings. The SMILES string of the molecule is C[C@@H]1CN(C(=O)c2cc(F)cc3cc[nH]c23)CCN1C(=O)C1CCCN(C)C1. The molecule has 2 saturated heterocycles. The second-order valence-corrected chi connectivity index (χ2v) is 8.13. The third-order valence-corrected chi connectivity index (χ3v) is 6.03. The van der Waals surface area contributed by atoms with Crippen LogP contribution < -0.4 is 0 Å². The van der Waals surface area contributed by atoms with Crippen molar-refractivity contribution in [3.05, 3.63) is 35.8 Å². The van der Waals surface area contributed by atoms with E-state index < -0.39 is 5.82 Å². The van der Waals surface area contributed by atoms with Crippen molar-refractivity contribution in [3.8, 4) is 0 Å². The molecule has 0 bridgehead atoms. The monoisotopic (exact) mass is 386 g/mol. The lowest BCUT2D eigenvalue weighted by atomic mass is 9.95. The number of H-pyrrole nitrogens is 1.